The molecule has 0 aliphatic carbocycles. The number of para-hydroxylation sites is 1. The molecule has 3 nitrogen and oxygen atoms in total. The van der Waals surface area contributed by atoms with E-state index in [-0.39, 0.29) is 5.82 Å². The molecule has 0 amide bonds. The van der Waals surface area contributed by atoms with Crippen molar-refractivity contribution in [1.29, 1.82) is 0 Å². The van der Waals surface area contributed by atoms with Crippen LogP contribution in [0.15, 0.2) is 18.2 Å². The van der Waals surface area contributed by atoms with Crippen LogP contribution in [0.5, 0.6) is 0 Å². The van der Waals surface area contributed by atoms with E-state index in [9.17, 15) is 4.39 Å². The second kappa shape index (κ2) is 5.29. The molecule has 2 N–H and O–H groups in total. The summed E-state index contributed by atoms with van der Waals surface area (Å²) >= 11 is 0. The first-order valence-electron chi connectivity index (χ1n) is 7.01. The van der Waals surface area contributed by atoms with Gasteiger partial charge < -0.3 is 10.3 Å². The Kier molecular flexibility index (Phi) is 3.90. The molecule has 0 atom stereocenters. The van der Waals surface area contributed by atoms with Crippen LogP contribution in [0.25, 0.3) is 11.0 Å². The van der Waals surface area contributed by atoms with E-state index >= 15 is 0 Å². The molecule has 1 heterocycles. The lowest BCUT2D eigenvalue weighted by Gasteiger charge is -2.27. The van der Waals surface area contributed by atoms with Gasteiger partial charge >= 0.3 is 0 Å². The summed E-state index contributed by atoms with van der Waals surface area (Å²) in [6, 6.07) is 5.09. The maximum Gasteiger partial charge on any atom is 0.151 e. The largest absolute Gasteiger partial charge is 0.326 e. The van der Waals surface area contributed by atoms with Crippen LogP contribution in [0.4, 0.5) is 4.39 Å². The lowest BCUT2D eigenvalue weighted by molar-refractivity contribution is 0.370. The zero-order valence-electron chi connectivity index (χ0n) is 11.9. The van der Waals surface area contributed by atoms with Crippen molar-refractivity contribution in [2.45, 2.75) is 52.1 Å². The lowest BCUT2D eigenvalue weighted by atomic mass is 9.93. The predicted octanol–water partition coefficient (Wildman–Crippen LogP) is 3.56. The summed E-state index contributed by atoms with van der Waals surface area (Å²) in [5.41, 5.74) is 7.25. The maximum atomic E-state index is 13.9. The fourth-order valence-corrected chi connectivity index (χ4v) is 2.51. The van der Waals surface area contributed by atoms with Crippen LogP contribution in [-0.2, 0) is 12.1 Å². The van der Waals surface area contributed by atoms with Crippen molar-refractivity contribution in [3.63, 3.8) is 0 Å². The third-order valence-corrected chi connectivity index (χ3v) is 3.88. The number of nitrogens with two attached hydrogens (primary N) is 1. The predicted molar refractivity (Wildman–Crippen MR) is 76.4 cm³/mol. The van der Waals surface area contributed by atoms with Crippen LogP contribution in [0.1, 0.15) is 45.9 Å². The molecule has 2 rings (SSSR count). The fourth-order valence-electron chi connectivity index (χ4n) is 2.51. The molecule has 0 saturated carbocycles. The summed E-state index contributed by atoms with van der Waals surface area (Å²) in [7, 11) is 0. The Morgan fingerprint density at radius 2 is 1.95 bits per heavy atom. The van der Waals surface area contributed by atoms with Gasteiger partial charge in [-0.2, -0.15) is 0 Å². The first-order valence-corrected chi connectivity index (χ1v) is 7.01. The molecular formula is C15H22FN3. The van der Waals surface area contributed by atoms with E-state index in [4.69, 9.17) is 5.73 Å². The highest BCUT2D eigenvalue weighted by atomic mass is 19.1. The van der Waals surface area contributed by atoms with E-state index in [0.29, 0.717) is 5.52 Å². The van der Waals surface area contributed by atoms with Crippen LogP contribution in [-0.4, -0.2) is 9.55 Å². The number of hydrogen-bond donors (Lipinski definition) is 1. The molecule has 0 aliphatic rings. The summed E-state index contributed by atoms with van der Waals surface area (Å²) in [5, 5.41) is 0. The Balaban J connectivity index is 2.72. The average Bonchev–Trinajstić information content (AvgIpc) is 2.80. The summed E-state index contributed by atoms with van der Waals surface area (Å²) in [6.07, 6.45) is 2.55. The molecule has 1 aromatic carbocycles. The van der Waals surface area contributed by atoms with Crippen LogP contribution in [0, 0.1) is 5.82 Å². The number of nitrogens with zero attached hydrogens (tertiary/aromatic N) is 2. The number of halogens is 1. The van der Waals surface area contributed by atoms with Gasteiger partial charge in [0, 0.05) is 6.54 Å². The number of benzene rings is 1. The summed E-state index contributed by atoms with van der Waals surface area (Å²) in [5.74, 6) is 0.530. The van der Waals surface area contributed by atoms with E-state index in [2.05, 4.69) is 30.3 Å². The minimum absolute atomic E-state index is 0.275. The Morgan fingerprint density at radius 1 is 1.26 bits per heavy atom. The number of rotatable bonds is 5. The molecule has 0 radical (unpaired) electrons. The monoisotopic (exact) mass is 263 g/mol. The third kappa shape index (κ3) is 2.25. The van der Waals surface area contributed by atoms with Crippen molar-refractivity contribution in [3.8, 4) is 0 Å². The summed E-state index contributed by atoms with van der Waals surface area (Å²) < 4.78 is 16.0. The molecule has 0 fully saturated rings. The van der Waals surface area contributed by atoms with Crippen LogP contribution in [0.3, 0.4) is 0 Å². The van der Waals surface area contributed by atoms with E-state index in [1.54, 1.807) is 6.07 Å². The fraction of sp³-hybridized carbons (Fsp3) is 0.533. The number of imidazole rings is 1. The van der Waals surface area contributed by atoms with Crippen molar-refractivity contribution in [1.82, 2.24) is 9.55 Å². The van der Waals surface area contributed by atoms with E-state index < -0.39 is 5.54 Å². The molecule has 0 aliphatic heterocycles. The van der Waals surface area contributed by atoms with E-state index in [1.807, 2.05) is 6.07 Å². The van der Waals surface area contributed by atoms with E-state index in [0.717, 1.165) is 37.1 Å². The van der Waals surface area contributed by atoms with Gasteiger partial charge in [-0.1, -0.05) is 26.8 Å². The molecule has 19 heavy (non-hydrogen) atoms. The van der Waals surface area contributed by atoms with Gasteiger partial charge in [0.05, 0.1) is 11.1 Å². The Hall–Kier alpha value is -1.42. The van der Waals surface area contributed by atoms with Gasteiger partial charge in [-0.25, -0.2) is 9.37 Å². The highest BCUT2D eigenvalue weighted by Crippen LogP contribution is 2.29. The first-order chi connectivity index (χ1) is 9.07. The molecule has 104 valence electrons. The molecule has 0 saturated heterocycles. The van der Waals surface area contributed by atoms with Gasteiger partial charge in [0.1, 0.15) is 11.3 Å². The first kappa shape index (κ1) is 14.0. The summed E-state index contributed by atoms with van der Waals surface area (Å²) in [6.45, 7) is 7.02. The SMILES string of the molecule is CCCn1c(C(N)(CC)CC)nc2c(F)cccc21. The molecule has 1 aromatic heterocycles. The Labute approximate surface area is 113 Å². The number of hydrogen-bond acceptors (Lipinski definition) is 2. The zero-order chi connectivity index (χ0) is 14.0. The van der Waals surface area contributed by atoms with Gasteiger partial charge in [-0.05, 0) is 31.4 Å². The van der Waals surface area contributed by atoms with Crippen LogP contribution in [0.2, 0.25) is 0 Å². The Morgan fingerprint density at radius 3 is 2.53 bits per heavy atom. The average molecular weight is 263 g/mol. The summed E-state index contributed by atoms with van der Waals surface area (Å²) in [4.78, 5) is 4.51. The maximum absolute atomic E-state index is 13.9. The van der Waals surface area contributed by atoms with Gasteiger partial charge in [-0.3, -0.25) is 0 Å². The van der Waals surface area contributed by atoms with Crippen LogP contribution >= 0.6 is 0 Å². The molecule has 0 unspecified atom stereocenters. The molecule has 2 aromatic rings. The van der Waals surface area contributed by atoms with Gasteiger partial charge in [0.15, 0.2) is 5.82 Å². The number of aryl methyl sites for hydroxylation is 1. The minimum atomic E-state index is -0.485. The number of aromatic nitrogens is 2. The van der Waals surface area contributed by atoms with Gasteiger partial charge in [0.25, 0.3) is 0 Å². The van der Waals surface area contributed by atoms with Crippen molar-refractivity contribution < 1.29 is 4.39 Å². The smallest absolute Gasteiger partial charge is 0.151 e. The second-order valence-electron chi connectivity index (χ2n) is 5.06. The topological polar surface area (TPSA) is 43.8 Å². The molecule has 0 spiro atoms. The van der Waals surface area contributed by atoms with Crippen LogP contribution < -0.4 is 5.73 Å². The standard InChI is InChI=1S/C15H22FN3/c1-4-10-19-12-9-7-8-11(16)13(12)18-14(19)15(17,5-2)6-3/h7-9H,4-6,10,17H2,1-3H3. The van der Waals surface area contributed by atoms with Crippen molar-refractivity contribution >= 4 is 11.0 Å². The molecule has 4 heteroatoms. The minimum Gasteiger partial charge on any atom is -0.326 e. The molecule has 0 bridgehead atoms. The second-order valence-corrected chi connectivity index (χ2v) is 5.06. The highest BCUT2D eigenvalue weighted by molar-refractivity contribution is 5.77. The van der Waals surface area contributed by atoms with E-state index in [1.165, 1.54) is 6.07 Å². The Bertz CT molecular complexity index is 570. The normalized spacial score (nSPS) is 12.3. The molecular weight excluding hydrogens is 241 g/mol. The number of fused-ring (bicyclic) bond motifs is 1. The van der Waals surface area contributed by atoms with Crippen molar-refractivity contribution in [3.05, 3.63) is 29.8 Å². The zero-order valence-corrected chi connectivity index (χ0v) is 11.9. The third-order valence-electron chi connectivity index (χ3n) is 3.88. The lowest BCUT2D eigenvalue weighted by Crippen LogP contribution is -2.38. The van der Waals surface area contributed by atoms with Crippen molar-refractivity contribution in [2.24, 2.45) is 5.73 Å². The quantitative estimate of drug-likeness (QED) is 0.896. The van der Waals surface area contributed by atoms with Gasteiger partial charge in [0.2, 0.25) is 0 Å². The van der Waals surface area contributed by atoms with Crippen molar-refractivity contribution in [2.75, 3.05) is 0 Å². The highest BCUT2D eigenvalue weighted by Gasteiger charge is 2.30. The van der Waals surface area contributed by atoms with Gasteiger partial charge in [-0.15, -0.1) is 0 Å².